The van der Waals surface area contributed by atoms with Crippen molar-refractivity contribution in [3.8, 4) is 0 Å². The van der Waals surface area contributed by atoms with Gasteiger partial charge in [-0.2, -0.15) is 5.10 Å². The van der Waals surface area contributed by atoms with Crippen LogP contribution >= 0.6 is 11.3 Å². The summed E-state index contributed by atoms with van der Waals surface area (Å²) in [6.45, 7) is 0.621. The molecular weight excluding hydrogens is 318 g/mol. The highest BCUT2D eigenvalue weighted by molar-refractivity contribution is 7.20. The third-order valence-electron chi connectivity index (χ3n) is 3.78. The largest absolute Gasteiger partial charge is 0.306 e. The third-order valence-corrected chi connectivity index (χ3v) is 4.90. The van der Waals surface area contributed by atoms with Gasteiger partial charge in [0, 0.05) is 10.8 Å². The molecule has 1 N–H and O–H groups in total. The summed E-state index contributed by atoms with van der Waals surface area (Å²) in [7, 11) is 0. The van der Waals surface area contributed by atoms with Gasteiger partial charge in [-0.25, -0.2) is 4.68 Å². The van der Waals surface area contributed by atoms with Crippen molar-refractivity contribution in [2.75, 3.05) is 5.32 Å². The molecule has 0 atom stereocenters. The molecule has 0 aliphatic rings. The molecule has 0 spiro atoms. The normalized spacial score (nSPS) is 10.8. The van der Waals surface area contributed by atoms with E-state index in [0.717, 1.165) is 15.6 Å². The molecule has 0 aliphatic heterocycles. The van der Waals surface area contributed by atoms with E-state index in [9.17, 15) is 4.79 Å². The summed E-state index contributed by atoms with van der Waals surface area (Å²) in [4.78, 5) is 13.2. The molecule has 4 nitrogen and oxygen atoms in total. The molecule has 1 amide bonds. The van der Waals surface area contributed by atoms with Gasteiger partial charge in [0.05, 0.1) is 17.6 Å². The lowest BCUT2D eigenvalue weighted by molar-refractivity contribution is 0.102. The van der Waals surface area contributed by atoms with Crippen molar-refractivity contribution in [3.63, 3.8) is 0 Å². The van der Waals surface area contributed by atoms with Gasteiger partial charge < -0.3 is 5.32 Å². The van der Waals surface area contributed by atoms with Crippen molar-refractivity contribution in [2.45, 2.75) is 6.54 Å². The van der Waals surface area contributed by atoms with Gasteiger partial charge in [-0.3, -0.25) is 4.79 Å². The van der Waals surface area contributed by atoms with E-state index in [1.165, 1.54) is 11.3 Å². The summed E-state index contributed by atoms with van der Waals surface area (Å²) in [5, 5.41) is 8.35. The lowest BCUT2D eigenvalue weighted by Crippen LogP contribution is -2.15. The Morgan fingerprint density at radius 1 is 1.04 bits per heavy atom. The van der Waals surface area contributed by atoms with E-state index < -0.39 is 0 Å². The molecule has 2 heterocycles. The van der Waals surface area contributed by atoms with Crippen LogP contribution in [0, 0.1) is 0 Å². The molecular formula is C19H15N3OS. The second-order valence-electron chi connectivity index (χ2n) is 5.46. The Kier molecular flexibility index (Phi) is 3.84. The first-order valence-electron chi connectivity index (χ1n) is 7.65. The number of amides is 1. The van der Waals surface area contributed by atoms with E-state index in [1.54, 1.807) is 10.9 Å². The number of benzene rings is 2. The second kappa shape index (κ2) is 6.29. The van der Waals surface area contributed by atoms with E-state index >= 15 is 0 Å². The molecule has 24 heavy (non-hydrogen) atoms. The summed E-state index contributed by atoms with van der Waals surface area (Å²) in [5.74, 6) is 0.590. The van der Waals surface area contributed by atoms with Gasteiger partial charge in [-0.1, -0.05) is 48.5 Å². The number of nitrogens with zero attached hydrogens (tertiary/aromatic N) is 2. The SMILES string of the molecule is O=C(Nc1ccnn1Cc1ccccc1)c1cc2ccccc2s1. The first kappa shape index (κ1) is 14.7. The van der Waals surface area contributed by atoms with Crippen molar-refractivity contribution in [3.05, 3.63) is 83.4 Å². The summed E-state index contributed by atoms with van der Waals surface area (Å²) < 4.78 is 2.90. The maximum atomic E-state index is 12.5. The monoisotopic (exact) mass is 333 g/mol. The molecule has 5 heteroatoms. The Bertz CT molecular complexity index is 955. The van der Waals surface area contributed by atoms with Crippen LogP contribution in [0.3, 0.4) is 0 Å². The summed E-state index contributed by atoms with van der Waals surface area (Å²) in [6, 6.07) is 21.8. The van der Waals surface area contributed by atoms with Crippen LogP contribution in [0.5, 0.6) is 0 Å². The molecule has 4 rings (SSSR count). The number of nitrogens with one attached hydrogen (secondary N) is 1. The number of thiophene rings is 1. The Morgan fingerprint density at radius 3 is 2.67 bits per heavy atom. The van der Waals surface area contributed by atoms with Gasteiger partial charge in [0.2, 0.25) is 0 Å². The number of aromatic nitrogens is 2. The van der Waals surface area contributed by atoms with E-state index in [1.807, 2.05) is 66.7 Å². The minimum absolute atomic E-state index is 0.106. The zero-order valence-corrected chi connectivity index (χ0v) is 13.7. The first-order valence-corrected chi connectivity index (χ1v) is 8.47. The fourth-order valence-electron chi connectivity index (χ4n) is 2.59. The lowest BCUT2D eigenvalue weighted by Gasteiger charge is -2.08. The van der Waals surface area contributed by atoms with Gasteiger partial charge in [0.15, 0.2) is 0 Å². The van der Waals surface area contributed by atoms with E-state index in [2.05, 4.69) is 10.4 Å². The predicted octanol–water partition coefficient (Wildman–Crippen LogP) is 4.40. The topological polar surface area (TPSA) is 46.9 Å². The van der Waals surface area contributed by atoms with Crippen LogP contribution in [0.1, 0.15) is 15.2 Å². The van der Waals surface area contributed by atoms with E-state index in [4.69, 9.17) is 0 Å². The number of hydrogen-bond donors (Lipinski definition) is 1. The van der Waals surface area contributed by atoms with Crippen LogP contribution in [0.25, 0.3) is 10.1 Å². The van der Waals surface area contributed by atoms with Crippen molar-refractivity contribution in [1.82, 2.24) is 9.78 Å². The highest BCUT2D eigenvalue weighted by Gasteiger charge is 2.13. The molecule has 118 valence electrons. The van der Waals surface area contributed by atoms with Crippen molar-refractivity contribution in [2.24, 2.45) is 0 Å². The minimum Gasteiger partial charge on any atom is -0.306 e. The molecule has 0 aliphatic carbocycles. The van der Waals surface area contributed by atoms with Crippen LogP contribution in [0.15, 0.2) is 72.9 Å². The summed E-state index contributed by atoms with van der Waals surface area (Å²) in [5.41, 5.74) is 1.14. The van der Waals surface area contributed by atoms with Crippen LogP contribution in [-0.2, 0) is 6.54 Å². The highest BCUT2D eigenvalue weighted by atomic mass is 32.1. The number of rotatable bonds is 4. The Hall–Kier alpha value is -2.92. The second-order valence-corrected chi connectivity index (χ2v) is 6.55. The molecule has 4 aromatic rings. The molecule has 0 radical (unpaired) electrons. The Labute approximate surface area is 143 Å². The van der Waals surface area contributed by atoms with Crippen LogP contribution in [0.2, 0.25) is 0 Å². The molecule has 2 aromatic heterocycles. The zero-order chi connectivity index (χ0) is 16.4. The number of fused-ring (bicyclic) bond motifs is 1. The fourth-order valence-corrected chi connectivity index (χ4v) is 3.55. The number of hydrogen-bond acceptors (Lipinski definition) is 3. The molecule has 0 bridgehead atoms. The molecule has 0 fully saturated rings. The maximum absolute atomic E-state index is 12.5. The first-order chi connectivity index (χ1) is 11.8. The fraction of sp³-hybridized carbons (Fsp3) is 0.0526. The maximum Gasteiger partial charge on any atom is 0.266 e. The zero-order valence-electron chi connectivity index (χ0n) is 12.8. The average Bonchev–Trinajstić information content (AvgIpc) is 3.23. The van der Waals surface area contributed by atoms with Gasteiger partial charge >= 0.3 is 0 Å². The van der Waals surface area contributed by atoms with Crippen molar-refractivity contribution in [1.29, 1.82) is 0 Å². The van der Waals surface area contributed by atoms with Crippen LogP contribution in [-0.4, -0.2) is 15.7 Å². The molecule has 0 saturated heterocycles. The number of carbonyl (C=O) groups is 1. The van der Waals surface area contributed by atoms with E-state index in [-0.39, 0.29) is 5.91 Å². The quantitative estimate of drug-likeness (QED) is 0.602. The minimum atomic E-state index is -0.106. The number of carbonyl (C=O) groups excluding carboxylic acids is 1. The van der Waals surface area contributed by atoms with Gasteiger partial charge in [0.25, 0.3) is 5.91 Å². The van der Waals surface area contributed by atoms with Gasteiger partial charge in [0.1, 0.15) is 5.82 Å². The van der Waals surface area contributed by atoms with Crippen molar-refractivity contribution < 1.29 is 4.79 Å². The van der Waals surface area contributed by atoms with Gasteiger partial charge in [-0.05, 0) is 23.1 Å². The van der Waals surface area contributed by atoms with Crippen molar-refractivity contribution >= 4 is 33.1 Å². The smallest absolute Gasteiger partial charge is 0.266 e. The third kappa shape index (κ3) is 2.94. The van der Waals surface area contributed by atoms with Crippen LogP contribution in [0.4, 0.5) is 5.82 Å². The Morgan fingerprint density at radius 2 is 1.83 bits per heavy atom. The highest BCUT2D eigenvalue weighted by Crippen LogP contribution is 2.26. The molecule has 0 unspecified atom stereocenters. The summed E-state index contributed by atoms with van der Waals surface area (Å²) >= 11 is 1.50. The standard InChI is InChI=1S/C19H15N3OS/c23-19(17-12-15-8-4-5-9-16(15)24-17)21-18-10-11-20-22(18)13-14-6-2-1-3-7-14/h1-12H,13H2,(H,21,23). The van der Waals surface area contributed by atoms with Gasteiger partial charge in [-0.15, -0.1) is 11.3 Å². The average molecular weight is 333 g/mol. The predicted molar refractivity (Wildman–Crippen MR) is 97.5 cm³/mol. The number of anilines is 1. The molecule has 2 aromatic carbocycles. The molecule has 0 saturated carbocycles. The van der Waals surface area contributed by atoms with Crippen LogP contribution < -0.4 is 5.32 Å². The lowest BCUT2D eigenvalue weighted by atomic mass is 10.2. The van der Waals surface area contributed by atoms with E-state index in [0.29, 0.717) is 17.2 Å². The Balaban J connectivity index is 1.55. The summed E-state index contributed by atoms with van der Waals surface area (Å²) in [6.07, 6.45) is 1.70.